The molecule has 6 heteroatoms. The summed E-state index contributed by atoms with van der Waals surface area (Å²) in [5.74, 6) is 1.12. The van der Waals surface area contributed by atoms with E-state index in [9.17, 15) is 4.79 Å². The molecule has 2 aromatic heterocycles. The molecule has 0 bridgehead atoms. The third-order valence-electron chi connectivity index (χ3n) is 3.77. The van der Waals surface area contributed by atoms with E-state index in [4.69, 9.17) is 4.42 Å². The van der Waals surface area contributed by atoms with E-state index in [0.29, 0.717) is 11.6 Å². The summed E-state index contributed by atoms with van der Waals surface area (Å²) in [7, 11) is 0. The molecule has 1 aromatic carbocycles. The summed E-state index contributed by atoms with van der Waals surface area (Å²) in [4.78, 5) is 20.5. The van der Waals surface area contributed by atoms with E-state index < -0.39 is 0 Å². The molecule has 132 valence electrons. The fourth-order valence-corrected chi connectivity index (χ4v) is 2.47. The summed E-state index contributed by atoms with van der Waals surface area (Å²) in [6.45, 7) is 3.95. The summed E-state index contributed by atoms with van der Waals surface area (Å²) in [5, 5.41) is 6.15. The highest BCUT2D eigenvalue weighted by Crippen LogP contribution is 2.24. The molecule has 0 aliphatic carbocycles. The molecule has 0 aliphatic rings. The van der Waals surface area contributed by atoms with Crippen LogP contribution in [0, 0.1) is 6.92 Å². The van der Waals surface area contributed by atoms with Crippen LogP contribution in [0.2, 0.25) is 0 Å². The molecule has 2 heterocycles. The molecule has 0 saturated carbocycles. The minimum atomic E-state index is -0.217. The monoisotopic (exact) mass is 348 g/mol. The number of hydrogen-bond donors (Lipinski definition) is 2. The topological polar surface area (TPSA) is 80.0 Å². The lowest BCUT2D eigenvalue weighted by atomic mass is 10.1. The van der Waals surface area contributed by atoms with Crippen LogP contribution in [0.5, 0.6) is 0 Å². The Balaban J connectivity index is 1.75. The summed E-state index contributed by atoms with van der Waals surface area (Å²) in [6.07, 6.45) is 6.97. The van der Waals surface area contributed by atoms with Gasteiger partial charge in [-0.1, -0.05) is 13.0 Å². The minimum Gasteiger partial charge on any atom is -0.465 e. The van der Waals surface area contributed by atoms with Gasteiger partial charge in [-0.05, 0) is 49.2 Å². The number of aromatic nitrogens is 2. The highest BCUT2D eigenvalue weighted by molar-refractivity contribution is 6.02. The Bertz CT molecular complexity index is 917. The maximum absolute atomic E-state index is 12.2. The lowest BCUT2D eigenvalue weighted by molar-refractivity contribution is -0.111. The predicted octanol–water partition coefficient (Wildman–Crippen LogP) is 4.34. The Morgan fingerprint density at radius 2 is 2.12 bits per heavy atom. The van der Waals surface area contributed by atoms with Crippen molar-refractivity contribution in [2.75, 3.05) is 10.6 Å². The highest BCUT2D eigenvalue weighted by Gasteiger charge is 2.06. The van der Waals surface area contributed by atoms with Gasteiger partial charge in [-0.15, -0.1) is 0 Å². The smallest absolute Gasteiger partial charge is 0.248 e. The van der Waals surface area contributed by atoms with Gasteiger partial charge in [0, 0.05) is 29.2 Å². The minimum absolute atomic E-state index is 0.217. The lowest BCUT2D eigenvalue weighted by Crippen LogP contribution is -2.10. The van der Waals surface area contributed by atoms with Gasteiger partial charge in [0.2, 0.25) is 5.91 Å². The number of furan rings is 1. The van der Waals surface area contributed by atoms with Crippen molar-refractivity contribution in [3.05, 3.63) is 72.1 Å². The van der Waals surface area contributed by atoms with E-state index in [1.165, 1.54) is 12.4 Å². The summed E-state index contributed by atoms with van der Waals surface area (Å²) < 4.78 is 5.19. The quantitative estimate of drug-likeness (QED) is 0.648. The van der Waals surface area contributed by atoms with Crippen molar-refractivity contribution in [3.8, 4) is 0 Å². The Labute approximate surface area is 152 Å². The molecule has 0 radical (unpaired) electrons. The van der Waals surface area contributed by atoms with Gasteiger partial charge < -0.3 is 15.1 Å². The first kappa shape index (κ1) is 17.4. The molecular weight excluding hydrogens is 328 g/mol. The highest BCUT2D eigenvalue weighted by atomic mass is 16.3. The van der Waals surface area contributed by atoms with Crippen molar-refractivity contribution in [1.29, 1.82) is 0 Å². The zero-order valence-corrected chi connectivity index (χ0v) is 14.7. The van der Waals surface area contributed by atoms with Crippen LogP contribution in [0.1, 0.15) is 23.9 Å². The van der Waals surface area contributed by atoms with Gasteiger partial charge in [0.05, 0.1) is 6.26 Å². The molecule has 3 rings (SSSR count). The number of carbonyl (C=O) groups excluding carboxylic acids is 1. The molecule has 6 nitrogen and oxygen atoms in total. The van der Waals surface area contributed by atoms with Crippen LogP contribution >= 0.6 is 0 Å². The van der Waals surface area contributed by atoms with Gasteiger partial charge in [-0.25, -0.2) is 9.97 Å². The van der Waals surface area contributed by atoms with Crippen LogP contribution < -0.4 is 10.6 Å². The SMILES string of the molecule is CCc1ccc(Nc2cc(C)ncn2)cc1NC(=O)/C=C/c1ccco1. The van der Waals surface area contributed by atoms with Crippen molar-refractivity contribution in [2.45, 2.75) is 20.3 Å². The molecule has 0 atom stereocenters. The molecule has 3 aromatic rings. The van der Waals surface area contributed by atoms with Crippen LogP contribution in [-0.2, 0) is 11.2 Å². The van der Waals surface area contributed by atoms with Gasteiger partial charge in [0.15, 0.2) is 0 Å². The van der Waals surface area contributed by atoms with E-state index in [1.54, 1.807) is 24.5 Å². The zero-order valence-electron chi connectivity index (χ0n) is 14.7. The molecule has 1 amide bonds. The largest absolute Gasteiger partial charge is 0.465 e. The number of aryl methyl sites for hydroxylation is 2. The Hall–Kier alpha value is -3.41. The van der Waals surface area contributed by atoms with Gasteiger partial charge in [-0.3, -0.25) is 4.79 Å². The molecular formula is C20H20N4O2. The number of amides is 1. The fraction of sp³-hybridized carbons (Fsp3) is 0.150. The van der Waals surface area contributed by atoms with E-state index in [-0.39, 0.29) is 5.91 Å². The Morgan fingerprint density at radius 1 is 1.23 bits per heavy atom. The number of nitrogens with one attached hydrogen (secondary N) is 2. The molecule has 2 N–H and O–H groups in total. The molecule has 0 aliphatic heterocycles. The van der Waals surface area contributed by atoms with Gasteiger partial charge >= 0.3 is 0 Å². The van der Waals surface area contributed by atoms with E-state index in [0.717, 1.165) is 29.1 Å². The van der Waals surface area contributed by atoms with Gasteiger partial charge in [0.25, 0.3) is 0 Å². The van der Waals surface area contributed by atoms with Crippen LogP contribution in [-0.4, -0.2) is 15.9 Å². The van der Waals surface area contributed by atoms with Crippen molar-refractivity contribution < 1.29 is 9.21 Å². The molecule has 26 heavy (non-hydrogen) atoms. The number of carbonyl (C=O) groups is 1. The Morgan fingerprint density at radius 3 is 2.85 bits per heavy atom. The lowest BCUT2D eigenvalue weighted by Gasteiger charge is -2.12. The van der Waals surface area contributed by atoms with Crippen LogP contribution in [0.3, 0.4) is 0 Å². The van der Waals surface area contributed by atoms with Gasteiger partial charge in [-0.2, -0.15) is 0 Å². The number of nitrogens with zero attached hydrogens (tertiary/aromatic N) is 2. The van der Waals surface area contributed by atoms with Gasteiger partial charge in [0.1, 0.15) is 17.9 Å². The number of rotatable bonds is 6. The average molecular weight is 348 g/mol. The normalized spacial score (nSPS) is 10.8. The van der Waals surface area contributed by atoms with Crippen LogP contribution in [0.4, 0.5) is 17.2 Å². The second-order valence-corrected chi connectivity index (χ2v) is 5.73. The Kier molecular flexibility index (Phi) is 5.43. The maximum atomic E-state index is 12.2. The van der Waals surface area contributed by atoms with Crippen molar-refractivity contribution in [2.24, 2.45) is 0 Å². The summed E-state index contributed by atoms with van der Waals surface area (Å²) in [6, 6.07) is 11.3. The second kappa shape index (κ2) is 8.11. The summed E-state index contributed by atoms with van der Waals surface area (Å²) in [5.41, 5.74) is 3.53. The average Bonchev–Trinajstić information content (AvgIpc) is 3.14. The fourth-order valence-electron chi connectivity index (χ4n) is 2.47. The number of anilines is 3. The second-order valence-electron chi connectivity index (χ2n) is 5.73. The van der Waals surface area contributed by atoms with Crippen molar-refractivity contribution in [1.82, 2.24) is 9.97 Å². The number of benzene rings is 1. The maximum Gasteiger partial charge on any atom is 0.248 e. The third kappa shape index (κ3) is 4.57. The van der Waals surface area contributed by atoms with Crippen LogP contribution in [0.15, 0.2) is 59.5 Å². The first-order chi connectivity index (χ1) is 12.6. The van der Waals surface area contributed by atoms with E-state index >= 15 is 0 Å². The first-order valence-corrected chi connectivity index (χ1v) is 8.35. The van der Waals surface area contributed by atoms with Crippen LogP contribution in [0.25, 0.3) is 6.08 Å². The summed E-state index contributed by atoms with van der Waals surface area (Å²) >= 11 is 0. The molecule has 0 fully saturated rings. The van der Waals surface area contributed by atoms with Crippen molar-refractivity contribution in [3.63, 3.8) is 0 Å². The van der Waals surface area contributed by atoms with E-state index in [2.05, 4.69) is 20.6 Å². The predicted molar refractivity (Wildman–Crippen MR) is 102 cm³/mol. The molecule has 0 spiro atoms. The number of hydrogen-bond acceptors (Lipinski definition) is 5. The third-order valence-corrected chi connectivity index (χ3v) is 3.77. The first-order valence-electron chi connectivity index (χ1n) is 8.35. The van der Waals surface area contributed by atoms with Crippen molar-refractivity contribution >= 4 is 29.2 Å². The molecule has 0 saturated heterocycles. The molecule has 0 unspecified atom stereocenters. The van der Waals surface area contributed by atoms with E-state index in [1.807, 2.05) is 38.1 Å². The standard InChI is InChI=1S/C20H20N4O2/c1-3-15-6-7-16(23-19-11-14(2)21-13-22-19)12-18(15)24-20(25)9-8-17-5-4-10-26-17/h4-13H,3H2,1-2H3,(H,24,25)(H,21,22,23)/b9-8+. The zero-order chi connectivity index (χ0) is 18.4.